The first-order valence-electron chi connectivity index (χ1n) is 8.63. The number of aromatic nitrogens is 2. The summed E-state index contributed by atoms with van der Waals surface area (Å²) in [7, 11) is 0. The van der Waals surface area contributed by atoms with Crippen LogP contribution in [0.5, 0.6) is 0 Å². The minimum absolute atomic E-state index is 0.887. The molecule has 0 aliphatic carbocycles. The molecule has 1 aromatic heterocycles. The number of rotatable bonds is 6. The molecule has 0 amide bonds. The van der Waals surface area contributed by atoms with Gasteiger partial charge in [-0.3, -0.25) is 0 Å². The van der Waals surface area contributed by atoms with Crippen molar-refractivity contribution in [3.8, 4) is 0 Å². The van der Waals surface area contributed by atoms with Gasteiger partial charge >= 0.3 is 0 Å². The Morgan fingerprint density at radius 1 is 1.19 bits per heavy atom. The molecule has 0 bridgehead atoms. The zero-order chi connectivity index (χ0) is 15.1. The zero-order valence-corrected chi connectivity index (χ0v) is 13.9. The van der Waals surface area contributed by atoms with Gasteiger partial charge in [-0.1, -0.05) is 26.7 Å². The molecule has 1 unspecified atom stereocenters. The average Bonchev–Trinajstić information content (AvgIpc) is 2.73. The predicted molar refractivity (Wildman–Crippen MR) is 90.0 cm³/mol. The molecule has 1 fully saturated rings. The molecule has 1 N–H and O–H groups in total. The molecule has 0 saturated carbocycles. The van der Waals surface area contributed by atoms with E-state index in [-0.39, 0.29) is 0 Å². The first-order valence-corrected chi connectivity index (χ1v) is 8.63. The Balaban J connectivity index is 2.11. The standard InChI is InChI=1S/C17H30N4/c1-4-8-14-9-7-11-21(12-10-14)17-13-16(18-6-3)19-15(5-2)20-17/h13-14H,4-12H2,1-3H3,(H,18,19,20). The fourth-order valence-electron chi connectivity index (χ4n) is 3.17. The second kappa shape index (κ2) is 8.20. The first kappa shape index (κ1) is 16.1. The Kier molecular flexibility index (Phi) is 6.27. The smallest absolute Gasteiger partial charge is 0.134 e. The Labute approximate surface area is 129 Å². The largest absolute Gasteiger partial charge is 0.370 e. The number of nitrogens with zero attached hydrogens (tertiary/aromatic N) is 3. The molecule has 1 aliphatic rings. The van der Waals surface area contributed by atoms with Crippen LogP contribution in [0.1, 0.15) is 58.7 Å². The van der Waals surface area contributed by atoms with Gasteiger partial charge in [-0.2, -0.15) is 0 Å². The lowest BCUT2D eigenvalue weighted by molar-refractivity contribution is 0.435. The Morgan fingerprint density at radius 2 is 2.05 bits per heavy atom. The van der Waals surface area contributed by atoms with E-state index >= 15 is 0 Å². The lowest BCUT2D eigenvalue weighted by atomic mass is 9.96. The highest BCUT2D eigenvalue weighted by Gasteiger charge is 2.18. The van der Waals surface area contributed by atoms with Gasteiger partial charge < -0.3 is 10.2 Å². The highest BCUT2D eigenvalue weighted by molar-refractivity contribution is 5.49. The quantitative estimate of drug-likeness (QED) is 0.863. The van der Waals surface area contributed by atoms with Crippen molar-refractivity contribution >= 4 is 11.6 Å². The van der Waals surface area contributed by atoms with Gasteiger partial charge in [-0.25, -0.2) is 9.97 Å². The molecule has 0 radical (unpaired) electrons. The molecule has 0 aromatic carbocycles. The molecule has 1 saturated heterocycles. The molecule has 2 heterocycles. The summed E-state index contributed by atoms with van der Waals surface area (Å²) in [5, 5.41) is 3.33. The SMILES string of the molecule is CCCC1CCCN(c2cc(NCC)nc(CC)n2)CC1. The van der Waals surface area contributed by atoms with Gasteiger partial charge in [0.05, 0.1) is 0 Å². The van der Waals surface area contributed by atoms with Crippen molar-refractivity contribution in [3.05, 3.63) is 11.9 Å². The van der Waals surface area contributed by atoms with E-state index in [0.717, 1.165) is 49.4 Å². The third-order valence-corrected chi connectivity index (χ3v) is 4.30. The van der Waals surface area contributed by atoms with Crippen LogP contribution in [0.2, 0.25) is 0 Å². The molecule has 1 atom stereocenters. The molecule has 4 nitrogen and oxygen atoms in total. The highest BCUT2D eigenvalue weighted by Crippen LogP contribution is 2.25. The van der Waals surface area contributed by atoms with Crippen LogP contribution < -0.4 is 10.2 Å². The lowest BCUT2D eigenvalue weighted by Crippen LogP contribution is -2.26. The summed E-state index contributed by atoms with van der Waals surface area (Å²) in [5.74, 6) is 3.92. The Bertz CT molecular complexity index is 433. The summed E-state index contributed by atoms with van der Waals surface area (Å²) in [6.45, 7) is 9.69. The van der Waals surface area contributed by atoms with Crippen molar-refractivity contribution in [2.24, 2.45) is 5.92 Å². The minimum atomic E-state index is 0.887. The van der Waals surface area contributed by atoms with E-state index in [1.54, 1.807) is 0 Å². The van der Waals surface area contributed by atoms with Gasteiger partial charge in [0.25, 0.3) is 0 Å². The number of aryl methyl sites for hydroxylation is 1. The van der Waals surface area contributed by atoms with E-state index in [0.29, 0.717) is 0 Å². The molecule has 4 heteroatoms. The fourth-order valence-corrected chi connectivity index (χ4v) is 3.17. The summed E-state index contributed by atoms with van der Waals surface area (Å²) >= 11 is 0. The van der Waals surface area contributed by atoms with Gasteiger partial charge in [0, 0.05) is 32.1 Å². The number of anilines is 2. The maximum absolute atomic E-state index is 4.75. The van der Waals surface area contributed by atoms with Crippen LogP contribution >= 0.6 is 0 Å². The number of hydrogen-bond acceptors (Lipinski definition) is 4. The summed E-state index contributed by atoms with van der Waals surface area (Å²) in [4.78, 5) is 11.8. The first-order chi connectivity index (χ1) is 10.3. The lowest BCUT2D eigenvalue weighted by Gasteiger charge is -2.23. The fraction of sp³-hybridized carbons (Fsp3) is 0.765. The maximum Gasteiger partial charge on any atom is 0.134 e. The predicted octanol–water partition coefficient (Wildman–Crippen LogP) is 3.88. The van der Waals surface area contributed by atoms with E-state index in [1.165, 1.54) is 32.1 Å². The number of nitrogens with one attached hydrogen (secondary N) is 1. The maximum atomic E-state index is 4.75. The van der Waals surface area contributed by atoms with Crippen LogP contribution in [0.25, 0.3) is 0 Å². The normalized spacial score (nSPS) is 19.4. The molecule has 118 valence electrons. The van der Waals surface area contributed by atoms with Crippen LogP contribution in [0.15, 0.2) is 6.07 Å². The van der Waals surface area contributed by atoms with E-state index in [2.05, 4.69) is 42.0 Å². The second-order valence-electron chi connectivity index (χ2n) is 5.98. The molecular formula is C17H30N4. The summed E-state index contributed by atoms with van der Waals surface area (Å²) < 4.78 is 0. The molecule has 1 aromatic rings. The topological polar surface area (TPSA) is 41.0 Å². The van der Waals surface area contributed by atoms with Crippen molar-refractivity contribution in [3.63, 3.8) is 0 Å². The second-order valence-corrected chi connectivity index (χ2v) is 5.98. The summed E-state index contributed by atoms with van der Waals surface area (Å²) in [6.07, 6.45) is 7.53. The van der Waals surface area contributed by atoms with Crippen LogP contribution in [0.4, 0.5) is 11.6 Å². The van der Waals surface area contributed by atoms with Gasteiger partial charge in [0.2, 0.25) is 0 Å². The van der Waals surface area contributed by atoms with Crippen molar-refractivity contribution in [1.29, 1.82) is 0 Å². The highest BCUT2D eigenvalue weighted by atomic mass is 15.2. The number of hydrogen-bond donors (Lipinski definition) is 1. The molecule has 21 heavy (non-hydrogen) atoms. The molecule has 2 rings (SSSR count). The van der Waals surface area contributed by atoms with E-state index in [1.807, 2.05) is 0 Å². The van der Waals surface area contributed by atoms with Crippen molar-refractivity contribution in [1.82, 2.24) is 9.97 Å². The van der Waals surface area contributed by atoms with E-state index < -0.39 is 0 Å². The third-order valence-electron chi connectivity index (χ3n) is 4.30. The van der Waals surface area contributed by atoms with Gasteiger partial charge in [-0.05, 0) is 32.1 Å². The van der Waals surface area contributed by atoms with Crippen LogP contribution in [0.3, 0.4) is 0 Å². The molecular weight excluding hydrogens is 260 g/mol. The summed E-state index contributed by atoms with van der Waals surface area (Å²) in [6, 6.07) is 2.11. The average molecular weight is 290 g/mol. The van der Waals surface area contributed by atoms with Crippen LogP contribution in [-0.4, -0.2) is 29.6 Å². The van der Waals surface area contributed by atoms with E-state index in [9.17, 15) is 0 Å². The monoisotopic (exact) mass is 290 g/mol. The van der Waals surface area contributed by atoms with E-state index in [4.69, 9.17) is 4.98 Å². The molecule has 0 spiro atoms. The third kappa shape index (κ3) is 4.58. The van der Waals surface area contributed by atoms with Gasteiger partial charge in [-0.15, -0.1) is 0 Å². The van der Waals surface area contributed by atoms with Crippen LogP contribution in [0, 0.1) is 5.92 Å². The Morgan fingerprint density at radius 3 is 2.76 bits per heavy atom. The van der Waals surface area contributed by atoms with Crippen molar-refractivity contribution < 1.29 is 0 Å². The van der Waals surface area contributed by atoms with Crippen LogP contribution in [-0.2, 0) is 6.42 Å². The zero-order valence-electron chi connectivity index (χ0n) is 13.9. The van der Waals surface area contributed by atoms with Crippen molar-refractivity contribution in [2.75, 3.05) is 29.9 Å². The van der Waals surface area contributed by atoms with Gasteiger partial charge in [0.15, 0.2) is 0 Å². The Hall–Kier alpha value is -1.32. The van der Waals surface area contributed by atoms with Crippen molar-refractivity contribution in [2.45, 2.75) is 59.3 Å². The summed E-state index contributed by atoms with van der Waals surface area (Å²) in [5.41, 5.74) is 0. The van der Waals surface area contributed by atoms with Gasteiger partial charge in [0.1, 0.15) is 17.5 Å². The molecule has 1 aliphatic heterocycles. The minimum Gasteiger partial charge on any atom is -0.370 e.